The van der Waals surface area contributed by atoms with Crippen molar-refractivity contribution in [3.05, 3.63) is 68.3 Å². The maximum Gasteiger partial charge on any atom is 0.200 e. The highest BCUT2D eigenvalue weighted by atomic mass is 79.9. The monoisotopic (exact) mass is 468 g/mol. The molecule has 1 aromatic heterocycles. The standard InChI is InChI=1S/C25H29BrN2O2/c1-16-13-18(17(2)27-21-8-6-5-7-20(21)26)24-19(14-16)22(29)15-23(30-24)28-11-9-25(3,4)10-12-28/h5-8,13-15,17,27H,9-12H2,1-4H3/t17-/m1/s1. The average Bonchev–Trinajstić information content (AvgIpc) is 2.69. The molecule has 1 N–H and O–H groups in total. The molecule has 0 unspecified atom stereocenters. The molecule has 0 aliphatic carbocycles. The Balaban J connectivity index is 1.75. The third kappa shape index (κ3) is 4.27. The van der Waals surface area contributed by atoms with Gasteiger partial charge in [0, 0.05) is 34.9 Å². The van der Waals surface area contributed by atoms with Gasteiger partial charge in [-0.2, -0.15) is 0 Å². The molecule has 1 fully saturated rings. The van der Waals surface area contributed by atoms with Crippen molar-refractivity contribution < 1.29 is 4.42 Å². The molecular weight excluding hydrogens is 440 g/mol. The molecule has 2 heterocycles. The second-order valence-electron chi connectivity index (χ2n) is 9.18. The smallest absolute Gasteiger partial charge is 0.200 e. The van der Waals surface area contributed by atoms with Gasteiger partial charge in [0.1, 0.15) is 5.58 Å². The molecule has 2 aromatic carbocycles. The van der Waals surface area contributed by atoms with Crippen LogP contribution in [0.2, 0.25) is 0 Å². The predicted octanol–water partition coefficient (Wildman–Crippen LogP) is 6.66. The Morgan fingerprint density at radius 1 is 1.13 bits per heavy atom. The summed E-state index contributed by atoms with van der Waals surface area (Å²) in [4.78, 5) is 15.2. The lowest BCUT2D eigenvalue weighted by molar-refractivity contribution is 0.274. The molecule has 0 spiro atoms. The summed E-state index contributed by atoms with van der Waals surface area (Å²) in [5.41, 5.74) is 4.11. The lowest BCUT2D eigenvalue weighted by Crippen LogP contribution is -2.37. The van der Waals surface area contributed by atoms with E-state index in [2.05, 4.69) is 53.0 Å². The zero-order valence-corrected chi connectivity index (χ0v) is 19.7. The fourth-order valence-corrected chi connectivity index (χ4v) is 4.52. The predicted molar refractivity (Wildman–Crippen MR) is 129 cm³/mol. The molecule has 1 atom stereocenters. The number of anilines is 2. The summed E-state index contributed by atoms with van der Waals surface area (Å²) in [6, 6.07) is 13.7. The Bertz CT molecular complexity index is 1130. The van der Waals surface area contributed by atoms with Gasteiger partial charge < -0.3 is 14.6 Å². The van der Waals surface area contributed by atoms with Crippen LogP contribution in [0.25, 0.3) is 11.0 Å². The van der Waals surface area contributed by atoms with E-state index >= 15 is 0 Å². The summed E-state index contributed by atoms with van der Waals surface area (Å²) < 4.78 is 7.41. The van der Waals surface area contributed by atoms with E-state index in [9.17, 15) is 4.79 Å². The Morgan fingerprint density at radius 3 is 2.53 bits per heavy atom. The molecule has 4 nitrogen and oxygen atoms in total. The van der Waals surface area contributed by atoms with Crippen LogP contribution < -0.4 is 15.6 Å². The van der Waals surface area contributed by atoms with E-state index in [0.29, 0.717) is 22.3 Å². The molecule has 5 heteroatoms. The Labute approximate surface area is 186 Å². The van der Waals surface area contributed by atoms with Gasteiger partial charge in [-0.25, -0.2) is 0 Å². The minimum absolute atomic E-state index is 0.0223. The number of fused-ring (bicyclic) bond motifs is 1. The molecule has 0 bridgehead atoms. The van der Waals surface area contributed by atoms with Crippen molar-refractivity contribution in [2.24, 2.45) is 5.41 Å². The molecular formula is C25H29BrN2O2. The van der Waals surface area contributed by atoms with Crippen LogP contribution in [0.1, 0.15) is 50.8 Å². The van der Waals surface area contributed by atoms with Crippen LogP contribution in [0.4, 0.5) is 11.6 Å². The first-order chi connectivity index (χ1) is 14.2. The topological polar surface area (TPSA) is 45.5 Å². The van der Waals surface area contributed by atoms with Crippen LogP contribution >= 0.6 is 15.9 Å². The van der Waals surface area contributed by atoms with Gasteiger partial charge in [0.25, 0.3) is 0 Å². The van der Waals surface area contributed by atoms with Crippen molar-refractivity contribution >= 4 is 38.5 Å². The molecule has 158 valence electrons. The molecule has 4 rings (SSSR count). The van der Waals surface area contributed by atoms with Crippen LogP contribution in [0, 0.1) is 12.3 Å². The maximum atomic E-state index is 13.0. The molecule has 0 radical (unpaired) electrons. The van der Waals surface area contributed by atoms with Gasteiger partial charge in [-0.1, -0.05) is 32.0 Å². The third-order valence-corrected chi connectivity index (χ3v) is 6.82. The number of hydrogen-bond donors (Lipinski definition) is 1. The normalized spacial score (nSPS) is 17.2. The molecule has 1 saturated heterocycles. The van der Waals surface area contributed by atoms with E-state index in [1.807, 2.05) is 37.3 Å². The number of piperidine rings is 1. The molecule has 3 aromatic rings. The molecule has 1 aliphatic rings. The molecule has 0 saturated carbocycles. The number of halogens is 1. The van der Waals surface area contributed by atoms with E-state index in [-0.39, 0.29) is 11.5 Å². The largest absolute Gasteiger partial charge is 0.440 e. The SMILES string of the molecule is Cc1cc([C@@H](C)Nc2ccccc2Br)c2oc(N3CCC(C)(C)CC3)cc(=O)c2c1. The van der Waals surface area contributed by atoms with E-state index in [0.717, 1.165) is 47.2 Å². The number of aryl methyl sites for hydroxylation is 1. The van der Waals surface area contributed by atoms with Crippen molar-refractivity contribution in [2.45, 2.75) is 46.6 Å². The molecule has 1 aliphatic heterocycles. The highest BCUT2D eigenvalue weighted by Crippen LogP contribution is 2.35. The van der Waals surface area contributed by atoms with Gasteiger partial charge in [0.05, 0.1) is 11.4 Å². The van der Waals surface area contributed by atoms with E-state index in [1.165, 1.54) is 0 Å². The third-order valence-electron chi connectivity index (χ3n) is 6.13. The number of para-hydroxylation sites is 1. The lowest BCUT2D eigenvalue weighted by Gasteiger charge is -2.37. The fraction of sp³-hybridized carbons (Fsp3) is 0.400. The summed E-state index contributed by atoms with van der Waals surface area (Å²) in [6.07, 6.45) is 2.19. The van der Waals surface area contributed by atoms with Gasteiger partial charge in [-0.3, -0.25) is 4.79 Å². The van der Waals surface area contributed by atoms with Crippen molar-refractivity contribution in [3.63, 3.8) is 0 Å². The van der Waals surface area contributed by atoms with Gasteiger partial charge >= 0.3 is 0 Å². The molecule has 0 amide bonds. The van der Waals surface area contributed by atoms with Crippen molar-refractivity contribution in [2.75, 3.05) is 23.3 Å². The quantitative estimate of drug-likeness (QED) is 0.464. The molecule has 30 heavy (non-hydrogen) atoms. The van der Waals surface area contributed by atoms with Crippen LogP contribution in [0.3, 0.4) is 0 Å². The first-order valence-corrected chi connectivity index (χ1v) is 11.4. The first-order valence-electron chi connectivity index (χ1n) is 10.6. The Hall–Kier alpha value is -2.27. The Morgan fingerprint density at radius 2 is 1.83 bits per heavy atom. The summed E-state index contributed by atoms with van der Waals surface area (Å²) in [6.45, 7) is 10.5. The zero-order chi connectivity index (χ0) is 21.5. The van der Waals surface area contributed by atoms with Gasteiger partial charge in [0.15, 0.2) is 11.3 Å². The minimum Gasteiger partial charge on any atom is -0.440 e. The van der Waals surface area contributed by atoms with Crippen LogP contribution in [0.5, 0.6) is 0 Å². The minimum atomic E-state index is -0.0233. The van der Waals surface area contributed by atoms with E-state index in [1.54, 1.807) is 6.07 Å². The highest BCUT2D eigenvalue weighted by molar-refractivity contribution is 9.10. The van der Waals surface area contributed by atoms with Crippen LogP contribution in [-0.4, -0.2) is 13.1 Å². The second-order valence-corrected chi connectivity index (χ2v) is 10.0. The number of benzene rings is 2. The number of nitrogens with one attached hydrogen (secondary N) is 1. The number of nitrogens with zero attached hydrogens (tertiary/aromatic N) is 1. The fourth-order valence-electron chi connectivity index (χ4n) is 4.12. The van der Waals surface area contributed by atoms with Gasteiger partial charge in [-0.05, 0) is 71.8 Å². The number of hydrogen-bond acceptors (Lipinski definition) is 4. The Kier molecular flexibility index (Phi) is 5.67. The van der Waals surface area contributed by atoms with Crippen molar-refractivity contribution in [1.82, 2.24) is 0 Å². The van der Waals surface area contributed by atoms with Gasteiger partial charge in [0.2, 0.25) is 0 Å². The summed E-state index contributed by atoms with van der Waals surface area (Å²) in [5, 5.41) is 4.20. The van der Waals surface area contributed by atoms with Crippen LogP contribution in [0.15, 0.2) is 56.1 Å². The second kappa shape index (κ2) is 8.10. The van der Waals surface area contributed by atoms with Gasteiger partial charge in [-0.15, -0.1) is 0 Å². The number of rotatable bonds is 4. The zero-order valence-electron chi connectivity index (χ0n) is 18.1. The maximum absolute atomic E-state index is 13.0. The lowest BCUT2D eigenvalue weighted by atomic mass is 9.83. The average molecular weight is 469 g/mol. The first kappa shape index (κ1) is 21.0. The van der Waals surface area contributed by atoms with Crippen LogP contribution in [-0.2, 0) is 0 Å². The van der Waals surface area contributed by atoms with E-state index < -0.39 is 0 Å². The van der Waals surface area contributed by atoms with Crippen molar-refractivity contribution in [3.8, 4) is 0 Å². The summed E-state index contributed by atoms with van der Waals surface area (Å²) in [7, 11) is 0. The highest BCUT2D eigenvalue weighted by Gasteiger charge is 2.27. The van der Waals surface area contributed by atoms with E-state index in [4.69, 9.17) is 4.42 Å². The summed E-state index contributed by atoms with van der Waals surface area (Å²) in [5.74, 6) is 0.682. The van der Waals surface area contributed by atoms with Crippen molar-refractivity contribution in [1.29, 1.82) is 0 Å². The summed E-state index contributed by atoms with van der Waals surface area (Å²) >= 11 is 3.60.